The molecule has 28 heavy (non-hydrogen) atoms. The van der Waals surface area contributed by atoms with Crippen molar-refractivity contribution in [2.24, 2.45) is 0 Å². The number of ether oxygens (including phenoxy) is 1. The molecule has 0 bridgehead atoms. The van der Waals surface area contributed by atoms with E-state index in [0.717, 1.165) is 37.6 Å². The molecule has 0 spiro atoms. The van der Waals surface area contributed by atoms with Crippen molar-refractivity contribution in [1.29, 1.82) is 0 Å². The van der Waals surface area contributed by atoms with Gasteiger partial charge < -0.3 is 18.9 Å². The van der Waals surface area contributed by atoms with E-state index in [4.69, 9.17) is 4.74 Å². The number of pyridine rings is 2. The van der Waals surface area contributed by atoms with Crippen molar-refractivity contribution in [3.8, 4) is 11.1 Å². The van der Waals surface area contributed by atoms with Gasteiger partial charge in [0.2, 0.25) is 0 Å². The van der Waals surface area contributed by atoms with Crippen molar-refractivity contribution >= 4 is 17.4 Å². The lowest BCUT2D eigenvalue weighted by atomic mass is 10.1. The van der Waals surface area contributed by atoms with Crippen molar-refractivity contribution in [3.05, 3.63) is 48.3 Å². The number of carbonyl (C=O) groups is 1. The fourth-order valence-electron chi connectivity index (χ4n) is 3.30. The summed E-state index contributed by atoms with van der Waals surface area (Å²) >= 11 is 0. The van der Waals surface area contributed by atoms with E-state index in [2.05, 4.69) is 26.8 Å². The second kappa shape index (κ2) is 7.55. The average Bonchev–Trinajstić information content (AvgIpc) is 3.14. The second-order valence-corrected chi connectivity index (χ2v) is 6.85. The van der Waals surface area contributed by atoms with Crippen molar-refractivity contribution in [2.45, 2.75) is 6.92 Å². The number of carbonyl (C=O) groups excluding carboxylic acids is 1. The van der Waals surface area contributed by atoms with E-state index in [1.165, 1.54) is 16.7 Å². The van der Waals surface area contributed by atoms with Crippen LogP contribution < -0.4 is 4.90 Å². The first-order valence-corrected chi connectivity index (χ1v) is 9.30. The topological polar surface area (TPSA) is 63.0 Å². The number of nitrogens with zero attached hydrogens (tertiary/aromatic N) is 5. The third-order valence-electron chi connectivity index (χ3n) is 4.90. The third-order valence-corrected chi connectivity index (χ3v) is 4.90. The lowest BCUT2D eigenvalue weighted by Crippen LogP contribution is -2.44. The van der Waals surface area contributed by atoms with Crippen molar-refractivity contribution in [1.82, 2.24) is 19.3 Å². The number of halogens is 1. The Morgan fingerprint density at radius 2 is 1.96 bits per heavy atom. The van der Waals surface area contributed by atoms with E-state index >= 15 is 0 Å². The molecule has 3 aromatic rings. The van der Waals surface area contributed by atoms with Gasteiger partial charge in [0.1, 0.15) is 5.82 Å². The Kier molecular flexibility index (Phi) is 4.95. The zero-order valence-electron chi connectivity index (χ0n) is 15.9. The van der Waals surface area contributed by atoms with Gasteiger partial charge in [-0.3, -0.25) is 0 Å². The van der Waals surface area contributed by atoms with Gasteiger partial charge in [0.25, 0.3) is 0 Å². The summed E-state index contributed by atoms with van der Waals surface area (Å²) in [6.07, 6.45) is 4.96. The zero-order valence-corrected chi connectivity index (χ0v) is 15.9. The number of anilines is 1. The van der Waals surface area contributed by atoms with E-state index in [9.17, 15) is 9.18 Å². The summed E-state index contributed by atoms with van der Waals surface area (Å²) < 4.78 is 21.0. The van der Waals surface area contributed by atoms with Crippen LogP contribution in [0.25, 0.3) is 16.8 Å². The molecule has 0 N–H and O–H groups in total. The molecule has 3 aromatic heterocycles. The van der Waals surface area contributed by atoms with Crippen LogP contribution in [0, 0.1) is 5.82 Å². The van der Waals surface area contributed by atoms with Crippen LogP contribution in [-0.2, 0) is 4.74 Å². The highest BCUT2D eigenvalue weighted by Crippen LogP contribution is 2.24. The molecule has 0 radical (unpaired) electrons. The van der Waals surface area contributed by atoms with Gasteiger partial charge in [0.05, 0.1) is 6.61 Å². The Bertz CT molecular complexity index is 994. The summed E-state index contributed by atoms with van der Waals surface area (Å²) in [6, 6.07) is 5.30. The van der Waals surface area contributed by atoms with Crippen LogP contribution in [0.5, 0.6) is 0 Å². The Labute approximate surface area is 162 Å². The smallest absolute Gasteiger partial charge is 0.358 e. The number of hydrogen-bond donors (Lipinski definition) is 0. The molecule has 4 heterocycles. The van der Waals surface area contributed by atoms with Crippen molar-refractivity contribution < 1.29 is 13.9 Å². The van der Waals surface area contributed by atoms with Crippen LogP contribution in [0.4, 0.5) is 10.2 Å². The largest absolute Gasteiger partial charge is 0.461 e. The number of aromatic nitrogens is 3. The Balaban J connectivity index is 1.60. The van der Waals surface area contributed by atoms with Crippen LogP contribution in [0.3, 0.4) is 0 Å². The highest BCUT2D eigenvalue weighted by Gasteiger charge is 2.17. The molecule has 1 saturated heterocycles. The maximum atomic E-state index is 14.5. The van der Waals surface area contributed by atoms with Gasteiger partial charge in [0.15, 0.2) is 17.2 Å². The number of likely N-dealkylation sites (N-methyl/N-ethyl adjacent to an activating group) is 1. The normalized spacial score (nSPS) is 15.2. The van der Waals surface area contributed by atoms with Crippen LogP contribution in [0.1, 0.15) is 17.4 Å². The van der Waals surface area contributed by atoms with Gasteiger partial charge in [-0.1, -0.05) is 0 Å². The number of esters is 1. The molecule has 1 aliphatic rings. The van der Waals surface area contributed by atoms with Crippen molar-refractivity contribution in [2.75, 3.05) is 44.7 Å². The van der Waals surface area contributed by atoms with Gasteiger partial charge >= 0.3 is 5.97 Å². The molecule has 1 fully saturated rings. The molecule has 0 saturated carbocycles. The zero-order chi connectivity index (χ0) is 19.7. The third kappa shape index (κ3) is 3.55. The molecule has 8 heteroatoms. The van der Waals surface area contributed by atoms with Gasteiger partial charge in [-0.2, -0.15) is 0 Å². The predicted molar refractivity (Wildman–Crippen MR) is 104 cm³/mol. The fraction of sp³-hybridized carbons (Fsp3) is 0.350. The first kappa shape index (κ1) is 18.4. The summed E-state index contributed by atoms with van der Waals surface area (Å²) in [5.41, 5.74) is 1.63. The van der Waals surface area contributed by atoms with Crippen LogP contribution in [0.15, 0.2) is 36.8 Å². The second-order valence-electron chi connectivity index (χ2n) is 6.85. The molecule has 146 valence electrons. The molecular formula is C20H22FN5O2. The van der Waals surface area contributed by atoms with Crippen LogP contribution >= 0.6 is 0 Å². The molecule has 4 rings (SSSR count). The molecule has 7 nitrogen and oxygen atoms in total. The maximum Gasteiger partial charge on any atom is 0.358 e. The molecule has 0 amide bonds. The number of rotatable bonds is 4. The molecule has 0 atom stereocenters. The van der Waals surface area contributed by atoms with Crippen molar-refractivity contribution in [3.63, 3.8) is 0 Å². The summed E-state index contributed by atoms with van der Waals surface area (Å²) in [6.45, 7) is 5.85. The minimum atomic E-state index is -0.564. The van der Waals surface area contributed by atoms with E-state index in [1.54, 1.807) is 19.3 Å². The monoisotopic (exact) mass is 383 g/mol. The minimum Gasteiger partial charge on any atom is -0.461 e. The van der Waals surface area contributed by atoms with E-state index in [1.807, 2.05) is 12.1 Å². The van der Waals surface area contributed by atoms with Gasteiger partial charge in [-0.05, 0) is 32.2 Å². The molecule has 0 unspecified atom stereocenters. The first-order valence-electron chi connectivity index (χ1n) is 9.30. The Hall–Kier alpha value is -3.00. The SMILES string of the molecule is CCOC(=O)c1cn2cc(-c3ccc(N4CCN(C)CC4)nc3)cc(F)c2n1. The van der Waals surface area contributed by atoms with Gasteiger partial charge in [-0.15, -0.1) is 0 Å². The Morgan fingerprint density at radius 3 is 2.64 bits per heavy atom. The maximum absolute atomic E-state index is 14.5. The minimum absolute atomic E-state index is 0.0847. The fourth-order valence-corrected chi connectivity index (χ4v) is 3.30. The average molecular weight is 383 g/mol. The highest BCUT2D eigenvalue weighted by molar-refractivity contribution is 5.88. The molecule has 0 aliphatic carbocycles. The molecule has 1 aliphatic heterocycles. The number of hydrogen-bond acceptors (Lipinski definition) is 6. The van der Waals surface area contributed by atoms with E-state index in [0.29, 0.717) is 5.56 Å². The summed E-state index contributed by atoms with van der Waals surface area (Å²) in [4.78, 5) is 25.0. The predicted octanol–water partition coefficient (Wildman–Crippen LogP) is 2.46. The summed E-state index contributed by atoms with van der Waals surface area (Å²) in [5, 5.41) is 0. The quantitative estimate of drug-likeness (QED) is 0.645. The molecule has 0 aromatic carbocycles. The summed E-state index contributed by atoms with van der Waals surface area (Å²) in [7, 11) is 2.11. The summed E-state index contributed by atoms with van der Waals surface area (Å²) in [5.74, 6) is -0.146. The number of piperazine rings is 1. The van der Waals surface area contributed by atoms with Gasteiger partial charge in [0, 0.05) is 55.9 Å². The van der Waals surface area contributed by atoms with Gasteiger partial charge in [-0.25, -0.2) is 19.2 Å². The van der Waals surface area contributed by atoms with Crippen LogP contribution in [-0.4, -0.2) is 65.1 Å². The van der Waals surface area contributed by atoms with E-state index in [-0.39, 0.29) is 17.9 Å². The number of imidazole rings is 1. The van der Waals surface area contributed by atoms with E-state index < -0.39 is 11.8 Å². The number of fused-ring (bicyclic) bond motifs is 1. The standard InChI is InChI=1S/C20H22FN5O2/c1-3-28-20(27)17-13-26-12-15(10-16(21)19(26)23-17)14-4-5-18(22-11-14)25-8-6-24(2)7-9-25/h4-5,10-13H,3,6-9H2,1-2H3. The molecular weight excluding hydrogens is 361 g/mol. The first-order chi connectivity index (χ1) is 13.5. The lowest BCUT2D eigenvalue weighted by molar-refractivity contribution is 0.0520. The highest BCUT2D eigenvalue weighted by atomic mass is 19.1. The van der Waals surface area contributed by atoms with Crippen LogP contribution in [0.2, 0.25) is 0 Å². The Morgan fingerprint density at radius 1 is 1.18 bits per heavy atom. The lowest BCUT2D eigenvalue weighted by Gasteiger charge is -2.33.